The summed E-state index contributed by atoms with van der Waals surface area (Å²) < 4.78 is 11.3. The molecule has 0 bridgehead atoms. The summed E-state index contributed by atoms with van der Waals surface area (Å²) in [5, 5.41) is 2.04. The van der Waals surface area contributed by atoms with Crippen LogP contribution in [0.4, 0.5) is 0 Å². The number of carbonyl (C=O) groups excluding carboxylic acids is 1. The maximum Gasteiger partial charge on any atom is 0.249 e. The van der Waals surface area contributed by atoms with Crippen LogP contribution in [0.15, 0.2) is 17.5 Å². The highest BCUT2D eigenvalue weighted by Gasteiger charge is 2.24. The zero-order valence-corrected chi connectivity index (χ0v) is 13.9. The molecule has 1 aromatic heterocycles. The van der Waals surface area contributed by atoms with Crippen LogP contribution in [0, 0.1) is 0 Å². The first-order chi connectivity index (χ1) is 9.94. The number of rotatable bonds is 6. The van der Waals surface area contributed by atoms with Crippen molar-refractivity contribution in [3.63, 3.8) is 0 Å². The largest absolute Gasteiger partial charge is 0.376 e. The summed E-state index contributed by atoms with van der Waals surface area (Å²) in [7, 11) is 0. The van der Waals surface area contributed by atoms with Gasteiger partial charge in [0.25, 0.3) is 0 Å². The maximum atomic E-state index is 12.5. The van der Waals surface area contributed by atoms with E-state index in [0.29, 0.717) is 13.1 Å². The van der Waals surface area contributed by atoms with Crippen molar-refractivity contribution in [3.05, 3.63) is 22.4 Å². The number of ether oxygens (including phenoxy) is 2. The van der Waals surface area contributed by atoms with Gasteiger partial charge in [-0.3, -0.25) is 4.79 Å². The Labute approximate surface area is 131 Å². The van der Waals surface area contributed by atoms with E-state index in [4.69, 9.17) is 9.47 Å². The summed E-state index contributed by atoms with van der Waals surface area (Å²) in [6.45, 7) is 8.12. The first-order valence-corrected chi connectivity index (χ1v) is 8.38. The van der Waals surface area contributed by atoms with Gasteiger partial charge in [-0.1, -0.05) is 6.07 Å². The molecule has 5 heteroatoms. The Morgan fingerprint density at radius 3 is 2.90 bits per heavy atom. The lowest BCUT2D eigenvalue weighted by atomic mass is 10.2. The average Bonchev–Trinajstić information content (AvgIpc) is 3.07. The Kier molecular flexibility index (Phi) is 5.79. The molecule has 0 radical (unpaired) electrons. The first kappa shape index (κ1) is 16.5. The fourth-order valence-corrected chi connectivity index (χ4v) is 2.97. The standard InChI is InChI=1S/C16H25NO3S/c1-16(2,3)20-12-15(18)17(10-13-6-4-8-19-13)11-14-7-5-9-21-14/h5,7,9,13H,4,6,8,10-12H2,1-3H3. The maximum absolute atomic E-state index is 12.5. The summed E-state index contributed by atoms with van der Waals surface area (Å²) in [6.07, 6.45) is 2.29. The lowest BCUT2D eigenvalue weighted by molar-refractivity contribution is -0.143. The Morgan fingerprint density at radius 1 is 1.52 bits per heavy atom. The van der Waals surface area contributed by atoms with Gasteiger partial charge in [0.05, 0.1) is 18.2 Å². The molecule has 1 atom stereocenters. The van der Waals surface area contributed by atoms with Gasteiger partial charge in [0.15, 0.2) is 0 Å². The van der Waals surface area contributed by atoms with E-state index in [1.807, 2.05) is 37.1 Å². The highest BCUT2D eigenvalue weighted by atomic mass is 32.1. The molecule has 0 aromatic carbocycles. The molecule has 2 heterocycles. The van der Waals surface area contributed by atoms with E-state index in [1.165, 1.54) is 4.88 Å². The highest BCUT2D eigenvalue weighted by molar-refractivity contribution is 7.09. The van der Waals surface area contributed by atoms with Gasteiger partial charge in [-0.15, -0.1) is 11.3 Å². The summed E-state index contributed by atoms with van der Waals surface area (Å²) in [6, 6.07) is 4.07. The second kappa shape index (κ2) is 7.38. The van der Waals surface area contributed by atoms with Crippen LogP contribution in [0.25, 0.3) is 0 Å². The number of hydrogen-bond donors (Lipinski definition) is 0. The van der Waals surface area contributed by atoms with Crippen LogP contribution >= 0.6 is 11.3 Å². The summed E-state index contributed by atoms with van der Waals surface area (Å²) >= 11 is 1.67. The normalized spacial score (nSPS) is 18.9. The molecule has 0 saturated carbocycles. The fraction of sp³-hybridized carbons (Fsp3) is 0.688. The number of amides is 1. The predicted molar refractivity (Wildman–Crippen MR) is 84.4 cm³/mol. The van der Waals surface area contributed by atoms with Gasteiger partial charge in [-0.2, -0.15) is 0 Å². The summed E-state index contributed by atoms with van der Waals surface area (Å²) in [5.74, 6) is 0.0359. The molecule has 1 aliphatic heterocycles. The second-order valence-corrected chi connectivity index (χ2v) is 7.42. The molecule has 4 nitrogen and oxygen atoms in total. The minimum Gasteiger partial charge on any atom is -0.376 e. The number of thiophene rings is 1. The van der Waals surface area contributed by atoms with E-state index < -0.39 is 0 Å². The Hall–Kier alpha value is -0.910. The molecule has 0 spiro atoms. The highest BCUT2D eigenvalue weighted by Crippen LogP contribution is 2.18. The molecule has 2 rings (SSSR count). The molecule has 1 saturated heterocycles. The van der Waals surface area contributed by atoms with Crippen LogP contribution in [0.3, 0.4) is 0 Å². The zero-order chi connectivity index (χ0) is 15.3. The van der Waals surface area contributed by atoms with Crippen LogP contribution in [0.1, 0.15) is 38.5 Å². The molecule has 1 aromatic rings. The van der Waals surface area contributed by atoms with Gasteiger partial charge in [0.1, 0.15) is 6.61 Å². The number of nitrogens with zero attached hydrogens (tertiary/aromatic N) is 1. The lowest BCUT2D eigenvalue weighted by Gasteiger charge is -2.27. The Balaban J connectivity index is 1.94. The molecule has 1 unspecified atom stereocenters. The van der Waals surface area contributed by atoms with E-state index in [2.05, 4.69) is 6.07 Å². The van der Waals surface area contributed by atoms with Crippen molar-refractivity contribution in [2.45, 2.75) is 51.9 Å². The summed E-state index contributed by atoms with van der Waals surface area (Å²) in [5.41, 5.74) is -0.297. The Bertz CT molecular complexity index is 433. The minimum atomic E-state index is -0.297. The monoisotopic (exact) mass is 311 g/mol. The van der Waals surface area contributed by atoms with Gasteiger partial charge in [0.2, 0.25) is 5.91 Å². The van der Waals surface area contributed by atoms with Crippen molar-refractivity contribution in [1.82, 2.24) is 4.90 Å². The minimum absolute atomic E-state index is 0.0359. The molecule has 21 heavy (non-hydrogen) atoms. The first-order valence-electron chi connectivity index (χ1n) is 7.50. The van der Waals surface area contributed by atoms with E-state index in [9.17, 15) is 4.79 Å². The molecule has 0 N–H and O–H groups in total. The average molecular weight is 311 g/mol. The van der Waals surface area contributed by atoms with Gasteiger partial charge >= 0.3 is 0 Å². The fourth-order valence-electron chi connectivity index (χ4n) is 2.25. The van der Waals surface area contributed by atoms with E-state index in [0.717, 1.165) is 19.4 Å². The van der Waals surface area contributed by atoms with E-state index in [1.54, 1.807) is 11.3 Å². The SMILES string of the molecule is CC(C)(C)OCC(=O)N(Cc1cccs1)CC1CCCO1. The third-order valence-corrected chi connectivity index (χ3v) is 4.22. The number of hydrogen-bond acceptors (Lipinski definition) is 4. The van der Waals surface area contributed by atoms with Gasteiger partial charge < -0.3 is 14.4 Å². The number of carbonyl (C=O) groups is 1. The van der Waals surface area contributed by atoms with Crippen LogP contribution in [-0.2, 0) is 20.8 Å². The van der Waals surface area contributed by atoms with Crippen molar-refractivity contribution < 1.29 is 14.3 Å². The lowest BCUT2D eigenvalue weighted by Crippen LogP contribution is -2.40. The molecule has 1 aliphatic rings. The summed E-state index contributed by atoms with van der Waals surface area (Å²) in [4.78, 5) is 15.5. The molecule has 0 aliphatic carbocycles. The zero-order valence-electron chi connectivity index (χ0n) is 13.1. The molecular formula is C16H25NO3S. The van der Waals surface area contributed by atoms with Crippen LogP contribution in [0.2, 0.25) is 0 Å². The van der Waals surface area contributed by atoms with Crippen molar-refractivity contribution in [2.24, 2.45) is 0 Å². The van der Waals surface area contributed by atoms with Crippen LogP contribution in [-0.4, -0.2) is 42.3 Å². The van der Waals surface area contributed by atoms with Crippen LogP contribution < -0.4 is 0 Å². The van der Waals surface area contributed by atoms with E-state index >= 15 is 0 Å². The molecule has 1 fully saturated rings. The topological polar surface area (TPSA) is 38.8 Å². The molecule has 118 valence electrons. The second-order valence-electron chi connectivity index (χ2n) is 6.39. The van der Waals surface area contributed by atoms with Crippen LogP contribution in [0.5, 0.6) is 0 Å². The third kappa shape index (κ3) is 5.77. The predicted octanol–water partition coefficient (Wildman–Crippen LogP) is 3.07. The smallest absolute Gasteiger partial charge is 0.249 e. The third-order valence-electron chi connectivity index (χ3n) is 3.36. The molecular weight excluding hydrogens is 286 g/mol. The van der Waals surface area contributed by atoms with Crippen molar-refractivity contribution >= 4 is 17.2 Å². The quantitative estimate of drug-likeness (QED) is 0.810. The van der Waals surface area contributed by atoms with Crippen molar-refractivity contribution in [1.29, 1.82) is 0 Å². The Morgan fingerprint density at radius 2 is 2.33 bits per heavy atom. The van der Waals surface area contributed by atoms with Crippen molar-refractivity contribution in [3.8, 4) is 0 Å². The van der Waals surface area contributed by atoms with Gasteiger partial charge in [-0.25, -0.2) is 0 Å². The van der Waals surface area contributed by atoms with E-state index in [-0.39, 0.29) is 24.2 Å². The van der Waals surface area contributed by atoms with Gasteiger partial charge in [0, 0.05) is 18.0 Å². The molecule has 1 amide bonds. The van der Waals surface area contributed by atoms with Gasteiger partial charge in [-0.05, 0) is 45.1 Å². The van der Waals surface area contributed by atoms with Crippen molar-refractivity contribution in [2.75, 3.05) is 19.8 Å².